The highest BCUT2D eigenvalue weighted by atomic mass is 16.5. The molecular weight excluding hydrogens is 292 g/mol. The van der Waals surface area contributed by atoms with Gasteiger partial charge in [-0.2, -0.15) is 0 Å². The lowest BCUT2D eigenvalue weighted by atomic mass is 9.98. The highest BCUT2D eigenvalue weighted by molar-refractivity contribution is 6.11. The molecule has 0 aliphatic heterocycles. The molecule has 3 rings (SSSR count). The van der Waals surface area contributed by atoms with E-state index in [0.717, 1.165) is 33.0 Å². The maximum absolute atomic E-state index is 5.75. The smallest absolute Gasteiger partial charge is 0.172 e. The monoisotopic (exact) mass is 312 g/mol. The molecule has 0 heterocycles. The van der Waals surface area contributed by atoms with Gasteiger partial charge in [0.2, 0.25) is 0 Å². The summed E-state index contributed by atoms with van der Waals surface area (Å²) in [5.74, 6) is 2.74. The molecule has 0 N–H and O–H groups in total. The Morgan fingerprint density at radius 2 is 1.35 bits per heavy atom. The van der Waals surface area contributed by atoms with Gasteiger partial charge in [-0.05, 0) is 24.4 Å². The Kier molecular flexibility index (Phi) is 3.90. The lowest BCUT2D eigenvalue weighted by molar-refractivity contribution is 0.351. The summed E-state index contributed by atoms with van der Waals surface area (Å²) in [5.41, 5.74) is 1.17. The van der Waals surface area contributed by atoms with Crippen LogP contribution in [-0.4, -0.2) is 28.4 Å². The lowest BCUT2D eigenvalue weighted by Gasteiger charge is -2.18. The highest BCUT2D eigenvalue weighted by Crippen LogP contribution is 2.48. The number of hydrogen-bond acceptors (Lipinski definition) is 4. The molecule has 0 radical (unpaired) electrons. The first kappa shape index (κ1) is 15.3. The summed E-state index contributed by atoms with van der Waals surface area (Å²) >= 11 is 0. The Hall–Kier alpha value is -2.62. The number of hydrogen-bond donors (Lipinski definition) is 0. The van der Waals surface area contributed by atoms with E-state index >= 15 is 0 Å². The Bertz CT molecular complexity index is 884. The summed E-state index contributed by atoms with van der Waals surface area (Å²) in [5, 5.41) is 3.90. The van der Waals surface area contributed by atoms with Gasteiger partial charge in [-0.15, -0.1) is 0 Å². The molecule has 23 heavy (non-hydrogen) atoms. The quantitative estimate of drug-likeness (QED) is 0.672. The predicted octanol–water partition coefficient (Wildman–Crippen LogP) is 4.34. The molecule has 0 atom stereocenters. The van der Waals surface area contributed by atoms with Crippen LogP contribution in [0.3, 0.4) is 0 Å². The Balaban J connectivity index is 2.59. The van der Waals surface area contributed by atoms with Crippen molar-refractivity contribution in [3.8, 4) is 23.0 Å². The number of fused-ring (bicyclic) bond motifs is 2. The summed E-state index contributed by atoms with van der Waals surface area (Å²) in [7, 11) is 6.55. The van der Waals surface area contributed by atoms with Gasteiger partial charge in [0.15, 0.2) is 11.5 Å². The molecule has 0 saturated carbocycles. The molecule has 3 aromatic rings. The van der Waals surface area contributed by atoms with Crippen LogP contribution in [-0.2, 0) is 0 Å². The normalized spacial score (nSPS) is 10.8. The molecule has 0 fully saturated rings. The molecule has 0 saturated heterocycles. The van der Waals surface area contributed by atoms with E-state index in [1.54, 1.807) is 28.4 Å². The molecule has 3 aromatic carbocycles. The second-order valence-corrected chi connectivity index (χ2v) is 5.37. The van der Waals surface area contributed by atoms with Gasteiger partial charge >= 0.3 is 0 Å². The van der Waals surface area contributed by atoms with Crippen molar-refractivity contribution in [2.45, 2.75) is 6.92 Å². The van der Waals surface area contributed by atoms with Gasteiger partial charge in [0.25, 0.3) is 0 Å². The molecule has 0 bridgehead atoms. The van der Waals surface area contributed by atoms with Crippen LogP contribution < -0.4 is 18.9 Å². The summed E-state index contributed by atoms with van der Waals surface area (Å²) in [6.45, 7) is 2.06. The standard InChI is InChI=1S/C19H20O4/c1-11-6-7-12-9-14-15(20-2)10-16(21-3)19(23-5)17(14)18(22-4)13(12)8-11/h6-10H,1-5H3. The van der Waals surface area contributed by atoms with Gasteiger partial charge < -0.3 is 18.9 Å². The van der Waals surface area contributed by atoms with Crippen LogP contribution in [0.4, 0.5) is 0 Å². The van der Waals surface area contributed by atoms with Crippen LogP contribution in [0, 0.1) is 6.92 Å². The first-order valence-corrected chi connectivity index (χ1v) is 7.34. The first-order valence-electron chi connectivity index (χ1n) is 7.34. The number of benzene rings is 3. The van der Waals surface area contributed by atoms with Gasteiger partial charge in [-0.25, -0.2) is 0 Å². The fraction of sp³-hybridized carbons (Fsp3) is 0.263. The van der Waals surface area contributed by atoms with E-state index in [1.165, 1.54) is 5.56 Å². The third-order valence-corrected chi connectivity index (χ3v) is 4.08. The molecule has 0 aliphatic carbocycles. The molecule has 120 valence electrons. The minimum Gasteiger partial charge on any atom is -0.496 e. The number of rotatable bonds is 4. The van der Waals surface area contributed by atoms with Crippen molar-refractivity contribution < 1.29 is 18.9 Å². The van der Waals surface area contributed by atoms with Crippen molar-refractivity contribution >= 4 is 21.5 Å². The second kappa shape index (κ2) is 5.88. The van der Waals surface area contributed by atoms with Crippen LogP contribution in [0.25, 0.3) is 21.5 Å². The number of aryl methyl sites for hydroxylation is 1. The third kappa shape index (κ3) is 2.31. The zero-order valence-electron chi connectivity index (χ0n) is 14.0. The van der Waals surface area contributed by atoms with Crippen LogP contribution in [0.15, 0.2) is 30.3 Å². The zero-order chi connectivity index (χ0) is 16.6. The topological polar surface area (TPSA) is 36.9 Å². The van der Waals surface area contributed by atoms with Crippen molar-refractivity contribution in [1.29, 1.82) is 0 Å². The van der Waals surface area contributed by atoms with Crippen molar-refractivity contribution in [1.82, 2.24) is 0 Å². The second-order valence-electron chi connectivity index (χ2n) is 5.37. The largest absolute Gasteiger partial charge is 0.496 e. The van der Waals surface area contributed by atoms with Gasteiger partial charge in [-0.3, -0.25) is 0 Å². The van der Waals surface area contributed by atoms with Crippen LogP contribution in [0.1, 0.15) is 5.56 Å². The minimum absolute atomic E-state index is 0.613. The fourth-order valence-electron chi connectivity index (χ4n) is 3.02. The van der Waals surface area contributed by atoms with Crippen LogP contribution >= 0.6 is 0 Å². The molecule has 0 spiro atoms. The molecule has 0 amide bonds. The van der Waals surface area contributed by atoms with E-state index in [4.69, 9.17) is 18.9 Å². The van der Waals surface area contributed by atoms with Gasteiger partial charge in [-0.1, -0.05) is 17.7 Å². The number of methoxy groups -OCH3 is 4. The van der Waals surface area contributed by atoms with E-state index in [0.29, 0.717) is 11.5 Å². The fourth-order valence-corrected chi connectivity index (χ4v) is 3.02. The van der Waals surface area contributed by atoms with Crippen molar-refractivity contribution in [2.24, 2.45) is 0 Å². The van der Waals surface area contributed by atoms with Gasteiger partial charge in [0, 0.05) is 16.8 Å². The maximum atomic E-state index is 5.75. The van der Waals surface area contributed by atoms with Crippen LogP contribution in [0.2, 0.25) is 0 Å². The summed E-state index contributed by atoms with van der Waals surface area (Å²) in [4.78, 5) is 0. The highest BCUT2D eigenvalue weighted by Gasteiger charge is 2.20. The maximum Gasteiger partial charge on any atom is 0.172 e. The summed E-state index contributed by atoms with van der Waals surface area (Å²) in [6.07, 6.45) is 0. The van der Waals surface area contributed by atoms with E-state index in [2.05, 4.69) is 31.2 Å². The van der Waals surface area contributed by atoms with Crippen molar-refractivity contribution in [3.63, 3.8) is 0 Å². The average molecular weight is 312 g/mol. The van der Waals surface area contributed by atoms with Crippen molar-refractivity contribution in [3.05, 3.63) is 35.9 Å². The zero-order valence-corrected chi connectivity index (χ0v) is 14.0. The Labute approximate surface area is 135 Å². The van der Waals surface area contributed by atoms with Gasteiger partial charge in [0.1, 0.15) is 11.5 Å². The third-order valence-electron chi connectivity index (χ3n) is 4.08. The van der Waals surface area contributed by atoms with E-state index < -0.39 is 0 Å². The van der Waals surface area contributed by atoms with Crippen LogP contribution in [0.5, 0.6) is 23.0 Å². The summed E-state index contributed by atoms with van der Waals surface area (Å²) in [6, 6.07) is 10.2. The van der Waals surface area contributed by atoms with E-state index in [-0.39, 0.29) is 0 Å². The average Bonchev–Trinajstić information content (AvgIpc) is 2.58. The van der Waals surface area contributed by atoms with Crippen molar-refractivity contribution in [2.75, 3.05) is 28.4 Å². The SMILES string of the molecule is COc1cc(OC)c2cc3ccc(C)cc3c(OC)c2c1OC. The first-order chi connectivity index (χ1) is 11.1. The lowest BCUT2D eigenvalue weighted by Crippen LogP contribution is -1.97. The van der Waals surface area contributed by atoms with E-state index in [9.17, 15) is 0 Å². The Morgan fingerprint density at radius 1 is 0.652 bits per heavy atom. The predicted molar refractivity (Wildman–Crippen MR) is 92.4 cm³/mol. The van der Waals surface area contributed by atoms with E-state index in [1.807, 2.05) is 6.07 Å². The molecule has 0 aromatic heterocycles. The molecule has 4 nitrogen and oxygen atoms in total. The molecule has 4 heteroatoms. The van der Waals surface area contributed by atoms with Gasteiger partial charge in [0.05, 0.1) is 33.8 Å². The summed E-state index contributed by atoms with van der Waals surface area (Å²) < 4.78 is 22.4. The minimum atomic E-state index is 0.613. The molecular formula is C19H20O4. The number of ether oxygens (including phenoxy) is 4. The Morgan fingerprint density at radius 3 is 1.96 bits per heavy atom. The molecule has 0 unspecified atom stereocenters. The molecule has 0 aliphatic rings.